The third-order valence-corrected chi connectivity index (χ3v) is 5.49. The zero-order chi connectivity index (χ0) is 17.6. The van der Waals surface area contributed by atoms with Gasteiger partial charge >= 0.3 is 0 Å². The number of H-pyrrole nitrogens is 1. The van der Waals surface area contributed by atoms with E-state index in [4.69, 9.17) is 0 Å². The molecule has 5 rings (SSSR count). The molecule has 26 heavy (non-hydrogen) atoms. The van der Waals surface area contributed by atoms with Gasteiger partial charge in [-0.25, -0.2) is 9.97 Å². The van der Waals surface area contributed by atoms with E-state index in [1.807, 2.05) is 24.4 Å². The number of fused-ring (bicyclic) bond motifs is 1. The molecule has 2 aliphatic rings. The maximum Gasteiger partial charge on any atom is 0.227 e. The molecular formula is C19H20N6O. The number of nitrogens with one attached hydrogen (secondary N) is 1. The Balaban J connectivity index is 1.36. The zero-order valence-corrected chi connectivity index (χ0v) is 14.4. The Morgan fingerprint density at radius 3 is 2.96 bits per heavy atom. The van der Waals surface area contributed by atoms with Crippen LogP contribution in [-0.4, -0.2) is 55.9 Å². The van der Waals surface area contributed by atoms with Gasteiger partial charge in [-0.2, -0.15) is 0 Å². The number of piperazine rings is 1. The Hall–Kier alpha value is -2.96. The monoisotopic (exact) mass is 348 g/mol. The van der Waals surface area contributed by atoms with Crippen molar-refractivity contribution in [1.29, 1.82) is 0 Å². The van der Waals surface area contributed by atoms with Crippen LogP contribution in [0.15, 0.2) is 43.1 Å². The van der Waals surface area contributed by atoms with Gasteiger partial charge in [0.05, 0.1) is 17.3 Å². The highest BCUT2D eigenvalue weighted by Gasteiger charge is 2.53. The molecule has 1 aliphatic carbocycles. The molecule has 0 radical (unpaired) electrons. The van der Waals surface area contributed by atoms with Crippen molar-refractivity contribution >= 4 is 22.8 Å². The van der Waals surface area contributed by atoms with Gasteiger partial charge in [0.15, 0.2) is 0 Å². The molecule has 0 aromatic carbocycles. The lowest BCUT2D eigenvalue weighted by molar-refractivity contribution is -0.134. The van der Waals surface area contributed by atoms with E-state index < -0.39 is 0 Å². The topological polar surface area (TPSA) is 78.0 Å². The Morgan fingerprint density at radius 1 is 1.23 bits per heavy atom. The van der Waals surface area contributed by atoms with Crippen LogP contribution in [0.3, 0.4) is 0 Å². The number of carbonyl (C=O) groups is 1. The van der Waals surface area contributed by atoms with Gasteiger partial charge in [-0.15, -0.1) is 0 Å². The van der Waals surface area contributed by atoms with Crippen molar-refractivity contribution in [1.82, 2.24) is 24.8 Å². The number of hydrogen-bond donors (Lipinski definition) is 1. The molecule has 7 nitrogen and oxygen atoms in total. The molecule has 132 valence electrons. The number of nitrogens with zero attached hydrogens (tertiary/aromatic N) is 5. The predicted octanol–water partition coefficient (Wildman–Crippen LogP) is 1.78. The predicted molar refractivity (Wildman–Crippen MR) is 97.7 cm³/mol. The van der Waals surface area contributed by atoms with Crippen LogP contribution in [0.4, 0.5) is 5.82 Å². The van der Waals surface area contributed by atoms with Gasteiger partial charge in [0, 0.05) is 38.2 Å². The summed E-state index contributed by atoms with van der Waals surface area (Å²) < 4.78 is 0. The minimum atomic E-state index is -0.0366. The quantitative estimate of drug-likeness (QED) is 0.781. The van der Waals surface area contributed by atoms with Crippen molar-refractivity contribution < 1.29 is 4.79 Å². The summed E-state index contributed by atoms with van der Waals surface area (Å²) in [5, 5.41) is 1.04. The van der Waals surface area contributed by atoms with Crippen molar-refractivity contribution in [2.75, 3.05) is 24.5 Å². The maximum atomic E-state index is 12.9. The second-order valence-corrected chi connectivity index (χ2v) is 7.17. The van der Waals surface area contributed by atoms with E-state index in [9.17, 15) is 4.79 Å². The molecule has 1 spiro atoms. The summed E-state index contributed by atoms with van der Waals surface area (Å²) in [6.07, 6.45) is 9.55. The summed E-state index contributed by atoms with van der Waals surface area (Å²) >= 11 is 0. The summed E-state index contributed by atoms with van der Waals surface area (Å²) in [5.41, 5.74) is 1.79. The van der Waals surface area contributed by atoms with E-state index in [1.54, 1.807) is 18.7 Å². The Bertz CT molecular complexity index is 949. The Kier molecular flexibility index (Phi) is 3.41. The normalized spacial score (nSPS) is 18.5. The number of carbonyl (C=O) groups excluding carboxylic acids is 1. The van der Waals surface area contributed by atoms with Crippen molar-refractivity contribution in [3.63, 3.8) is 0 Å². The molecule has 1 saturated carbocycles. The zero-order valence-electron chi connectivity index (χ0n) is 14.4. The molecule has 0 unspecified atom stereocenters. The second kappa shape index (κ2) is 5.79. The smallest absolute Gasteiger partial charge is 0.227 e. The van der Waals surface area contributed by atoms with Crippen molar-refractivity contribution in [2.45, 2.75) is 24.8 Å². The minimum absolute atomic E-state index is 0.0366. The highest BCUT2D eigenvalue weighted by atomic mass is 16.2. The van der Waals surface area contributed by atoms with Crippen LogP contribution >= 0.6 is 0 Å². The van der Waals surface area contributed by atoms with Crippen LogP contribution in [0, 0.1) is 0 Å². The fourth-order valence-electron chi connectivity index (χ4n) is 4.00. The molecular weight excluding hydrogens is 328 g/mol. The molecule has 3 aromatic heterocycles. The summed E-state index contributed by atoms with van der Waals surface area (Å²) in [4.78, 5) is 33.3. The highest BCUT2D eigenvalue weighted by Crippen LogP contribution is 2.45. The molecule has 4 heterocycles. The molecule has 1 aliphatic heterocycles. The lowest BCUT2D eigenvalue weighted by Crippen LogP contribution is -2.57. The van der Waals surface area contributed by atoms with Gasteiger partial charge in [-0.05, 0) is 30.5 Å². The molecule has 3 aromatic rings. The van der Waals surface area contributed by atoms with Gasteiger partial charge in [0.2, 0.25) is 5.91 Å². The summed E-state index contributed by atoms with van der Waals surface area (Å²) in [7, 11) is 0. The number of amides is 1. The van der Waals surface area contributed by atoms with Crippen LogP contribution in [0.25, 0.3) is 11.0 Å². The molecule has 0 bridgehead atoms. The third-order valence-electron chi connectivity index (χ3n) is 5.49. The lowest BCUT2D eigenvalue weighted by atomic mass is 10.1. The standard InChI is InChI=1S/C19H20N6O/c26-16(10-14-2-1-6-20-11-14)25-9-8-24(12-19(25)4-5-19)18-15-3-7-21-17(15)22-13-23-18/h1-3,6-7,11,13H,4-5,8-10,12H2,(H,21,22,23). The van der Waals surface area contributed by atoms with Gasteiger partial charge < -0.3 is 14.8 Å². The first-order valence-corrected chi connectivity index (χ1v) is 8.98. The lowest BCUT2D eigenvalue weighted by Gasteiger charge is -2.43. The Labute approximate surface area is 151 Å². The molecule has 1 amide bonds. The van der Waals surface area contributed by atoms with E-state index >= 15 is 0 Å². The highest BCUT2D eigenvalue weighted by molar-refractivity contribution is 5.87. The minimum Gasteiger partial charge on any atom is -0.352 e. The Morgan fingerprint density at radius 2 is 2.15 bits per heavy atom. The van der Waals surface area contributed by atoms with Crippen LogP contribution in [0.5, 0.6) is 0 Å². The average Bonchev–Trinajstić information content (AvgIpc) is 3.24. The van der Waals surface area contributed by atoms with E-state index in [2.05, 4.69) is 29.7 Å². The van der Waals surface area contributed by atoms with Gasteiger partial charge in [0.25, 0.3) is 0 Å². The van der Waals surface area contributed by atoms with Crippen molar-refractivity contribution in [3.8, 4) is 0 Å². The van der Waals surface area contributed by atoms with Crippen LogP contribution in [0.1, 0.15) is 18.4 Å². The first-order valence-electron chi connectivity index (χ1n) is 8.98. The summed E-state index contributed by atoms with van der Waals surface area (Å²) in [6, 6.07) is 5.86. The molecule has 7 heteroatoms. The SMILES string of the molecule is O=C(Cc1cccnc1)N1CCN(c2ncnc3[nH]ccc23)CC12CC2. The first-order chi connectivity index (χ1) is 12.8. The fourth-order valence-corrected chi connectivity index (χ4v) is 4.00. The summed E-state index contributed by atoms with van der Waals surface area (Å²) in [6.45, 7) is 2.36. The molecule has 1 N–H and O–H groups in total. The van der Waals surface area contributed by atoms with Crippen LogP contribution in [-0.2, 0) is 11.2 Å². The number of aromatic amines is 1. The number of hydrogen-bond acceptors (Lipinski definition) is 5. The van der Waals surface area contributed by atoms with Crippen LogP contribution < -0.4 is 4.90 Å². The fraction of sp³-hybridized carbons (Fsp3) is 0.368. The third kappa shape index (κ3) is 2.51. The maximum absolute atomic E-state index is 12.9. The van der Waals surface area contributed by atoms with E-state index in [0.717, 1.165) is 54.9 Å². The average molecular weight is 348 g/mol. The largest absolute Gasteiger partial charge is 0.352 e. The second-order valence-electron chi connectivity index (χ2n) is 7.17. The van der Waals surface area contributed by atoms with E-state index in [1.165, 1.54) is 0 Å². The number of pyridine rings is 1. The van der Waals surface area contributed by atoms with Gasteiger partial charge in [-0.1, -0.05) is 6.07 Å². The number of aromatic nitrogens is 4. The van der Waals surface area contributed by atoms with Crippen LogP contribution in [0.2, 0.25) is 0 Å². The van der Waals surface area contributed by atoms with Gasteiger partial charge in [0.1, 0.15) is 17.8 Å². The molecule has 1 saturated heterocycles. The summed E-state index contributed by atoms with van der Waals surface area (Å²) in [5.74, 6) is 1.16. The number of rotatable bonds is 3. The van der Waals surface area contributed by atoms with Crippen molar-refractivity contribution in [3.05, 3.63) is 48.7 Å². The van der Waals surface area contributed by atoms with E-state index in [-0.39, 0.29) is 11.4 Å². The first kappa shape index (κ1) is 15.3. The molecule has 2 fully saturated rings. The van der Waals surface area contributed by atoms with Crippen molar-refractivity contribution in [2.24, 2.45) is 0 Å². The number of anilines is 1. The molecule has 0 atom stereocenters. The van der Waals surface area contributed by atoms with E-state index in [0.29, 0.717) is 6.42 Å². The van der Waals surface area contributed by atoms with Gasteiger partial charge in [-0.3, -0.25) is 9.78 Å².